The first-order chi connectivity index (χ1) is 17.2. The largest absolute Gasteiger partial charge is 0.480 e. The Kier molecular flexibility index (Phi) is 6.07. The number of rotatable bonds is 7. The summed E-state index contributed by atoms with van der Waals surface area (Å²) < 4.78 is 51.7. The molecule has 3 aromatic heterocycles. The highest BCUT2D eigenvalue weighted by Gasteiger charge is 2.34. The van der Waals surface area contributed by atoms with Crippen LogP contribution in [0.4, 0.5) is 13.2 Å². The van der Waals surface area contributed by atoms with Gasteiger partial charge < -0.3 is 14.0 Å². The second kappa shape index (κ2) is 9.21. The van der Waals surface area contributed by atoms with E-state index in [1.54, 1.807) is 37.4 Å². The molecule has 11 heteroatoms. The topological polar surface area (TPSA) is 87.8 Å². The molecule has 0 N–H and O–H groups in total. The fourth-order valence-electron chi connectivity index (χ4n) is 3.92. The molecule has 5 rings (SSSR count). The van der Waals surface area contributed by atoms with Crippen molar-refractivity contribution in [3.05, 3.63) is 65.5 Å². The monoisotopic (exact) mass is 496 g/mol. The van der Waals surface area contributed by atoms with Crippen LogP contribution in [0.3, 0.4) is 0 Å². The minimum absolute atomic E-state index is 0.211. The molecule has 0 saturated heterocycles. The minimum Gasteiger partial charge on any atom is -0.480 e. The molecule has 186 valence electrons. The molecule has 0 radical (unpaired) electrons. The minimum atomic E-state index is -4.49. The Hall–Kier alpha value is -4.02. The lowest BCUT2D eigenvalue weighted by Crippen LogP contribution is -2.05. The van der Waals surface area contributed by atoms with Gasteiger partial charge in [0.05, 0.1) is 12.8 Å². The second-order valence-corrected chi connectivity index (χ2v) is 8.63. The Bertz CT molecular complexity index is 1400. The van der Waals surface area contributed by atoms with Gasteiger partial charge in [-0.1, -0.05) is 24.3 Å². The van der Waals surface area contributed by atoms with Gasteiger partial charge in [0.2, 0.25) is 11.8 Å². The summed E-state index contributed by atoms with van der Waals surface area (Å²) in [6.07, 6.45) is 0.0699. The normalized spacial score (nSPS) is 13.6. The van der Waals surface area contributed by atoms with Crippen molar-refractivity contribution in [2.45, 2.75) is 38.5 Å². The molecule has 4 aromatic rings. The van der Waals surface area contributed by atoms with Crippen LogP contribution in [0.25, 0.3) is 22.8 Å². The highest BCUT2D eigenvalue weighted by Crippen LogP contribution is 2.45. The van der Waals surface area contributed by atoms with E-state index in [0.29, 0.717) is 40.3 Å². The van der Waals surface area contributed by atoms with Gasteiger partial charge in [-0.15, -0.1) is 0 Å². The summed E-state index contributed by atoms with van der Waals surface area (Å²) >= 11 is 0. The molecule has 0 amide bonds. The van der Waals surface area contributed by atoms with Crippen molar-refractivity contribution in [3.8, 4) is 34.5 Å². The zero-order valence-corrected chi connectivity index (χ0v) is 19.9. The van der Waals surface area contributed by atoms with E-state index in [1.165, 1.54) is 17.9 Å². The Balaban J connectivity index is 1.35. The summed E-state index contributed by atoms with van der Waals surface area (Å²) in [5.41, 5.74) is 2.73. The van der Waals surface area contributed by atoms with Crippen LogP contribution in [0, 0.1) is 6.92 Å². The van der Waals surface area contributed by atoms with Gasteiger partial charge in [-0.05, 0) is 25.3 Å². The maximum atomic E-state index is 13.0. The van der Waals surface area contributed by atoms with E-state index in [9.17, 15) is 13.2 Å². The van der Waals surface area contributed by atoms with E-state index < -0.39 is 11.9 Å². The molecule has 0 atom stereocenters. The number of nitrogens with zero attached hydrogens (tertiary/aromatic N) is 6. The first-order valence-electron chi connectivity index (χ1n) is 11.3. The van der Waals surface area contributed by atoms with Gasteiger partial charge in [-0.25, -0.2) is 19.9 Å². The van der Waals surface area contributed by atoms with E-state index >= 15 is 0 Å². The molecule has 0 unspecified atom stereocenters. The highest BCUT2D eigenvalue weighted by molar-refractivity contribution is 5.66. The fraction of sp³-hybridized carbons (Fsp3) is 0.320. The van der Waals surface area contributed by atoms with E-state index in [1.807, 2.05) is 6.92 Å². The maximum Gasteiger partial charge on any atom is 0.434 e. The number of alkyl halides is 3. The van der Waals surface area contributed by atoms with E-state index in [0.717, 1.165) is 30.3 Å². The lowest BCUT2D eigenvalue weighted by Gasteiger charge is -2.13. The third-order valence-corrected chi connectivity index (χ3v) is 5.82. The van der Waals surface area contributed by atoms with Gasteiger partial charge in [-0.2, -0.15) is 18.2 Å². The summed E-state index contributed by atoms with van der Waals surface area (Å²) in [5.74, 6) is 1.82. The molecule has 1 aromatic carbocycles. The van der Waals surface area contributed by atoms with E-state index in [2.05, 4.69) is 24.9 Å². The van der Waals surface area contributed by atoms with Gasteiger partial charge in [-0.3, -0.25) is 0 Å². The number of hydrogen-bond acceptors (Lipinski definition) is 7. The Morgan fingerprint density at radius 3 is 2.44 bits per heavy atom. The smallest absolute Gasteiger partial charge is 0.434 e. The average Bonchev–Trinajstić information content (AvgIpc) is 3.62. The van der Waals surface area contributed by atoms with Crippen LogP contribution < -0.4 is 9.47 Å². The number of imidazole rings is 1. The van der Waals surface area contributed by atoms with Crippen LogP contribution in [-0.4, -0.2) is 36.6 Å². The molecule has 3 heterocycles. The summed E-state index contributed by atoms with van der Waals surface area (Å²) in [7, 11) is 3.08. The van der Waals surface area contributed by atoms with Gasteiger partial charge in [0.1, 0.15) is 24.3 Å². The molecular formula is C25H23F3N6O2. The van der Waals surface area contributed by atoms with Crippen molar-refractivity contribution in [3.63, 3.8) is 0 Å². The number of halogens is 3. The Labute approximate surface area is 205 Å². The zero-order chi connectivity index (χ0) is 25.4. The summed E-state index contributed by atoms with van der Waals surface area (Å²) in [4.78, 5) is 21.6. The van der Waals surface area contributed by atoms with Crippen LogP contribution in [0.5, 0.6) is 11.8 Å². The quantitative estimate of drug-likeness (QED) is 0.351. The summed E-state index contributed by atoms with van der Waals surface area (Å²) in [5, 5.41) is 0. The summed E-state index contributed by atoms with van der Waals surface area (Å²) in [6, 6.07) is 8.73. The van der Waals surface area contributed by atoms with Gasteiger partial charge in [0, 0.05) is 36.5 Å². The second-order valence-electron chi connectivity index (χ2n) is 8.63. The Morgan fingerprint density at radius 2 is 1.81 bits per heavy atom. The van der Waals surface area contributed by atoms with Crippen LogP contribution >= 0.6 is 0 Å². The molecule has 1 saturated carbocycles. The molecule has 8 nitrogen and oxygen atoms in total. The van der Waals surface area contributed by atoms with Crippen molar-refractivity contribution in [1.29, 1.82) is 0 Å². The first kappa shape index (κ1) is 23.7. The fourth-order valence-corrected chi connectivity index (χ4v) is 3.92. The first-order valence-corrected chi connectivity index (χ1v) is 11.3. The van der Waals surface area contributed by atoms with Gasteiger partial charge in [0.25, 0.3) is 0 Å². The predicted octanol–water partition coefficient (Wildman–Crippen LogP) is 5.13. The molecule has 1 fully saturated rings. The molecule has 1 aliphatic carbocycles. The number of aryl methyl sites for hydroxylation is 2. The number of aromatic nitrogens is 6. The average molecular weight is 496 g/mol. The van der Waals surface area contributed by atoms with Crippen molar-refractivity contribution >= 4 is 0 Å². The van der Waals surface area contributed by atoms with Crippen molar-refractivity contribution in [2.24, 2.45) is 7.05 Å². The van der Waals surface area contributed by atoms with Crippen LogP contribution in [0.2, 0.25) is 0 Å². The zero-order valence-electron chi connectivity index (χ0n) is 19.9. The number of hydrogen-bond donors (Lipinski definition) is 0. The van der Waals surface area contributed by atoms with Crippen molar-refractivity contribution in [2.75, 3.05) is 7.11 Å². The van der Waals surface area contributed by atoms with E-state index in [-0.39, 0.29) is 12.4 Å². The standard InChI is InChI=1S/C25H23F3N6O2/c1-14-10-19(33-22(31-14)20-21(16-8-9-16)29-13-30-24(20)35-3)36-12-15-4-6-17(7-5-15)23-32-18(11-34(23)2)25(26,27)28/h4-7,10-11,13,16H,8-9,12H2,1-3H3. The third kappa shape index (κ3) is 4.86. The molecule has 36 heavy (non-hydrogen) atoms. The molecule has 0 spiro atoms. The van der Waals surface area contributed by atoms with Crippen LogP contribution in [0.15, 0.2) is 42.9 Å². The Morgan fingerprint density at radius 1 is 1.06 bits per heavy atom. The molecule has 0 bridgehead atoms. The number of ether oxygens (including phenoxy) is 2. The van der Waals surface area contributed by atoms with Gasteiger partial charge >= 0.3 is 6.18 Å². The number of benzene rings is 1. The molecular weight excluding hydrogens is 473 g/mol. The maximum absolute atomic E-state index is 13.0. The molecule has 0 aliphatic heterocycles. The van der Waals surface area contributed by atoms with Crippen molar-refractivity contribution in [1.82, 2.24) is 29.5 Å². The van der Waals surface area contributed by atoms with E-state index in [4.69, 9.17) is 9.47 Å². The summed E-state index contributed by atoms with van der Waals surface area (Å²) in [6.45, 7) is 2.06. The number of methoxy groups -OCH3 is 1. The SMILES string of the molecule is COc1ncnc(C2CC2)c1-c1nc(C)cc(OCc2ccc(-c3nc(C(F)(F)F)cn3C)cc2)n1. The molecule has 1 aliphatic rings. The van der Waals surface area contributed by atoms with Crippen LogP contribution in [-0.2, 0) is 19.8 Å². The third-order valence-electron chi connectivity index (χ3n) is 5.82. The van der Waals surface area contributed by atoms with Crippen LogP contribution in [0.1, 0.15) is 41.4 Å². The van der Waals surface area contributed by atoms with Gasteiger partial charge in [0.15, 0.2) is 11.5 Å². The highest BCUT2D eigenvalue weighted by atomic mass is 19.4. The van der Waals surface area contributed by atoms with Crippen molar-refractivity contribution < 1.29 is 22.6 Å². The lowest BCUT2D eigenvalue weighted by atomic mass is 10.1. The predicted molar refractivity (Wildman–Crippen MR) is 124 cm³/mol. The lowest BCUT2D eigenvalue weighted by molar-refractivity contribution is -0.140.